The number of hydrogen-bond acceptors (Lipinski definition) is 3. The highest BCUT2D eigenvalue weighted by Crippen LogP contribution is 2.43. The first-order valence-corrected chi connectivity index (χ1v) is 8.86. The van der Waals surface area contributed by atoms with Gasteiger partial charge in [0.1, 0.15) is 6.54 Å². The van der Waals surface area contributed by atoms with E-state index in [9.17, 15) is 4.79 Å². The molecule has 5 nitrogen and oxygen atoms in total. The molecule has 0 bridgehead atoms. The molecule has 0 aliphatic heterocycles. The Balaban J connectivity index is 1.63. The summed E-state index contributed by atoms with van der Waals surface area (Å²) in [5.74, 6) is 0.343. The molecule has 2 aromatic heterocycles. The van der Waals surface area contributed by atoms with Crippen molar-refractivity contribution >= 4 is 45.8 Å². The van der Waals surface area contributed by atoms with Crippen LogP contribution in [-0.4, -0.2) is 20.7 Å². The second-order valence-electron chi connectivity index (χ2n) is 6.26. The van der Waals surface area contributed by atoms with Crippen molar-refractivity contribution in [2.75, 3.05) is 5.32 Å². The summed E-state index contributed by atoms with van der Waals surface area (Å²) >= 11 is 12.2. The highest BCUT2D eigenvalue weighted by Gasteiger charge is 2.27. The molecule has 1 aromatic carbocycles. The van der Waals surface area contributed by atoms with E-state index in [1.165, 1.54) is 18.4 Å². The third-order valence-electron chi connectivity index (χ3n) is 4.38. The zero-order chi connectivity index (χ0) is 17.6. The molecule has 1 amide bonds. The van der Waals surface area contributed by atoms with Crippen molar-refractivity contribution in [3.63, 3.8) is 0 Å². The number of aromatic nitrogens is 3. The fourth-order valence-corrected chi connectivity index (χ4v) is 3.58. The molecule has 1 saturated carbocycles. The minimum Gasteiger partial charge on any atom is -0.322 e. The van der Waals surface area contributed by atoms with Crippen LogP contribution in [0.4, 0.5) is 5.69 Å². The molecule has 0 atom stereocenters. The molecule has 1 aliphatic rings. The summed E-state index contributed by atoms with van der Waals surface area (Å²) in [5.41, 5.74) is 3.33. The number of benzene rings is 1. The third-order valence-corrected chi connectivity index (χ3v) is 5.01. The average molecular weight is 375 g/mol. The molecule has 128 valence electrons. The van der Waals surface area contributed by atoms with E-state index in [4.69, 9.17) is 23.2 Å². The molecule has 4 rings (SSSR count). The number of hydrogen-bond donors (Lipinski definition) is 1. The lowest BCUT2D eigenvalue weighted by molar-refractivity contribution is -0.116. The number of nitrogens with one attached hydrogen (secondary N) is 1. The van der Waals surface area contributed by atoms with Gasteiger partial charge in [0.25, 0.3) is 0 Å². The Hall–Kier alpha value is -2.11. The summed E-state index contributed by atoms with van der Waals surface area (Å²) in [5, 5.41) is 9.14. The minimum atomic E-state index is -0.252. The van der Waals surface area contributed by atoms with Crippen LogP contribution in [0.3, 0.4) is 0 Å². The number of aryl methyl sites for hydroxylation is 1. The Morgan fingerprint density at radius 3 is 2.68 bits per heavy atom. The number of halogens is 2. The fourth-order valence-electron chi connectivity index (χ4n) is 3.09. The van der Waals surface area contributed by atoms with Crippen LogP contribution in [0, 0.1) is 6.92 Å². The number of pyridine rings is 1. The maximum absolute atomic E-state index is 12.5. The van der Waals surface area contributed by atoms with Gasteiger partial charge in [0, 0.05) is 11.6 Å². The molecule has 2 heterocycles. The summed E-state index contributed by atoms with van der Waals surface area (Å²) in [6.07, 6.45) is 4.20. The van der Waals surface area contributed by atoms with Crippen molar-refractivity contribution in [3.05, 3.63) is 51.8 Å². The van der Waals surface area contributed by atoms with Crippen LogP contribution in [0.5, 0.6) is 0 Å². The van der Waals surface area contributed by atoms with E-state index in [1.54, 1.807) is 29.1 Å². The Bertz CT molecular complexity index is 958. The second-order valence-corrected chi connectivity index (χ2v) is 7.08. The number of carbonyl (C=O) groups excluding carboxylic acids is 1. The molecule has 3 aromatic rings. The van der Waals surface area contributed by atoms with Crippen molar-refractivity contribution in [1.82, 2.24) is 14.8 Å². The standard InChI is InChI=1S/C18H16Cl2N4O/c1-10-16-12(11-5-6-11)7-8-21-18(16)24(23-10)9-15(25)22-17-13(19)3-2-4-14(17)20/h2-4,7-8,11H,5-6,9H2,1H3,(H,22,25). The molecule has 7 heteroatoms. The maximum Gasteiger partial charge on any atom is 0.246 e. The second kappa shape index (κ2) is 6.32. The largest absolute Gasteiger partial charge is 0.322 e. The highest BCUT2D eigenvalue weighted by atomic mass is 35.5. The fraction of sp³-hybridized carbons (Fsp3) is 0.278. The zero-order valence-corrected chi connectivity index (χ0v) is 15.1. The monoisotopic (exact) mass is 374 g/mol. The first-order valence-electron chi connectivity index (χ1n) is 8.10. The molecule has 0 radical (unpaired) electrons. The van der Waals surface area contributed by atoms with Gasteiger partial charge < -0.3 is 5.32 Å². The van der Waals surface area contributed by atoms with Crippen molar-refractivity contribution in [2.24, 2.45) is 0 Å². The number of para-hydroxylation sites is 1. The van der Waals surface area contributed by atoms with E-state index in [-0.39, 0.29) is 12.5 Å². The predicted octanol–water partition coefficient (Wildman–Crippen LogP) is 4.56. The van der Waals surface area contributed by atoms with Crippen LogP contribution in [-0.2, 0) is 11.3 Å². The summed E-state index contributed by atoms with van der Waals surface area (Å²) in [4.78, 5) is 16.9. The van der Waals surface area contributed by atoms with Crippen molar-refractivity contribution < 1.29 is 4.79 Å². The smallest absolute Gasteiger partial charge is 0.246 e. The van der Waals surface area contributed by atoms with Crippen LogP contribution < -0.4 is 5.32 Å². The third kappa shape index (κ3) is 3.10. The lowest BCUT2D eigenvalue weighted by atomic mass is 10.1. The number of rotatable bonds is 4. The van der Waals surface area contributed by atoms with Crippen molar-refractivity contribution in [1.29, 1.82) is 0 Å². The summed E-state index contributed by atoms with van der Waals surface area (Å²) in [7, 11) is 0. The SMILES string of the molecule is Cc1nn(CC(=O)Nc2c(Cl)cccc2Cl)c2nccc(C3CC3)c12. The molecule has 25 heavy (non-hydrogen) atoms. The Morgan fingerprint density at radius 2 is 2.00 bits per heavy atom. The molecule has 1 aliphatic carbocycles. The van der Waals surface area contributed by atoms with Crippen LogP contribution in [0.2, 0.25) is 10.0 Å². The molecule has 1 fully saturated rings. The van der Waals surface area contributed by atoms with Gasteiger partial charge in [-0.25, -0.2) is 9.67 Å². The van der Waals surface area contributed by atoms with E-state index in [2.05, 4.69) is 21.5 Å². The number of amides is 1. The Morgan fingerprint density at radius 1 is 1.28 bits per heavy atom. The van der Waals surface area contributed by atoms with Crippen LogP contribution in [0.15, 0.2) is 30.5 Å². The van der Waals surface area contributed by atoms with Gasteiger partial charge >= 0.3 is 0 Å². The van der Waals surface area contributed by atoms with Gasteiger partial charge in [0.2, 0.25) is 5.91 Å². The molecular formula is C18H16Cl2N4O. The Kier molecular flexibility index (Phi) is 4.13. The number of nitrogens with zero attached hydrogens (tertiary/aromatic N) is 3. The van der Waals surface area contributed by atoms with Gasteiger partial charge in [-0.15, -0.1) is 0 Å². The molecule has 0 unspecified atom stereocenters. The normalized spacial score (nSPS) is 14.0. The lowest BCUT2D eigenvalue weighted by Gasteiger charge is -2.09. The van der Waals surface area contributed by atoms with Crippen molar-refractivity contribution in [3.8, 4) is 0 Å². The van der Waals surface area contributed by atoms with Gasteiger partial charge in [-0.05, 0) is 49.4 Å². The van der Waals surface area contributed by atoms with E-state index < -0.39 is 0 Å². The molecule has 0 spiro atoms. The van der Waals surface area contributed by atoms with E-state index in [0.717, 1.165) is 16.7 Å². The summed E-state index contributed by atoms with van der Waals surface area (Å²) in [6.45, 7) is 2.00. The quantitative estimate of drug-likeness (QED) is 0.727. The first-order chi connectivity index (χ1) is 12.0. The Labute approximate surface area is 154 Å². The van der Waals surface area contributed by atoms with Gasteiger partial charge in [-0.2, -0.15) is 5.10 Å². The predicted molar refractivity (Wildman–Crippen MR) is 99.3 cm³/mol. The van der Waals surface area contributed by atoms with Gasteiger partial charge in [0.15, 0.2) is 5.65 Å². The molecular weight excluding hydrogens is 359 g/mol. The average Bonchev–Trinajstić information content (AvgIpc) is 3.37. The number of fused-ring (bicyclic) bond motifs is 1. The van der Waals surface area contributed by atoms with Crippen molar-refractivity contribution in [2.45, 2.75) is 32.2 Å². The van der Waals surface area contributed by atoms with Gasteiger partial charge in [-0.3, -0.25) is 4.79 Å². The van der Waals surface area contributed by atoms with E-state index in [1.807, 2.05) is 6.92 Å². The summed E-state index contributed by atoms with van der Waals surface area (Å²) in [6, 6.07) is 7.15. The van der Waals surface area contributed by atoms with Crippen LogP contribution in [0.25, 0.3) is 11.0 Å². The molecule has 0 saturated heterocycles. The minimum absolute atomic E-state index is 0.0486. The van der Waals surface area contributed by atoms with Gasteiger partial charge in [0.05, 0.1) is 21.4 Å². The highest BCUT2D eigenvalue weighted by molar-refractivity contribution is 6.39. The first kappa shape index (κ1) is 16.4. The summed E-state index contributed by atoms with van der Waals surface area (Å²) < 4.78 is 1.64. The lowest BCUT2D eigenvalue weighted by Crippen LogP contribution is -2.20. The number of carbonyl (C=O) groups is 1. The topological polar surface area (TPSA) is 59.8 Å². The van der Waals surface area contributed by atoms with Crippen LogP contribution >= 0.6 is 23.2 Å². The number of anilines is 1. The molecule has 1 N–H and O–H groups in total. The van der Waals surface area contributed by atoms with E-state index >= 15 is 0 Å². The van der Waals surface area contributed by atoms with Crippen LogP contribution in [0.1, 0.15) is 30.0 Å². The maximum atomic E-state index is 12.5. The zero-order valence-electron chi connectivity index (χ0n) is 13.6. The van der Waals surface area contributed by atoms with E-state index in [0.29, 0.717) is 21.7 Å². The van der Waals surface area contributed by atoms with Gasteiger partial charge in [-0.1, -0.05) is 29.3 Å².